The fourth-order valence-corrected chi connectivity index (χ4v) is 5.81. The van der Waals surface area contributed by atoms with E-state index in [2.05, 4.69) is 5.32 Å². The summed E-state index contributed by atoms with van der Waals surface area (Å²) < 4.78 is 28.8. The Morgan fingerprint density at radius 2 is 1.62 bits per heavy atom. The Morgan fingerprint density at radius 1 is 0.949 bits per heavy atom. The van der Waals surface area contributed by atoms with E-state index in [-0.39, 0.29) is 17.3 Å². The first-order chi connectivity index (χ1) is 18.2. The summed E-state index contributed by atoms with van der Waals surface area (Å²) in [5.41, 5.74) is 2.26. The van der Waals surface area contributed by atoms with E-state index in [0.29, 0.717) is 16.3 Å². The van der Waals surface area contributed by atoms with Gasteiger partial charge >= 0.3 is 0 Å². The van der Waals surface area contributed by atoms with Crippen LogP contribution < -0.4 is 9.62 Å². The van der Waals surface area contributed by atoms with Crippen molar-refractivity contribution >= 4 is 39.1 Å². The highest BCUT2D eigenvalue weighted by Gasteiger charge is 2.34. The molecule has 0 fully saturated rings. The van der Waals surface area contributed by atoms with Crippen LogP contribution in [0.15, 0.2) is 77.7 Å². The normalized spacial score (nSPS) is 12.5. The van der Waals surface area contributed by atoms with Gasteiger partial charge in [-0.15, -0.1) is 0 Å². The summed E-state index contributed by atoms with van der Waals surface area (Å²) in [5, 5.41) is 3.27. The minimum atomic E-state index is -4.15. The number of sulfonamides is 1. The Hall–Kier alpha value is -3.36. The number of halogens is 1. The lowest BCUT2D eigenvalue weighted by Crippen LogP contribution is -2.54. The third kappa shape index (κ3) is 7.83. The third-order valence-corrected chi connectivity index (χ3v) is 8.16. The molecule has 0 aliphatic carbocycles. The molecule has 0 bridgehead atoms. The zero-order chi connectivity index (χ0) is 29.0. The van der Waals surface area contributed by atoms with Gasteiger partial charge in [0.05, 0.1) is 10.6 Å². The number of nitrogens with zero attached hydrogens (tertiary/aromatic N) is 2. The molecule has 208 valence electrons. The van der Waals surface area contributed by atoms with Gasteiger partial charge in [0.15, 0.2) is 0 Å². The summed E-state index contributed by atoms with van der Waals surface area (Å²) in [6.07, 6.45) is 0. The number of amides is 2. The average molecular weight is 570 g/mol. The van der Waals surface area contributed by atoms with Crippen LogP contribution in [0.4, 0.5) is 5.69 Å². The van der Waals surface area contributed by atoms with E-state index in [1.54, 1.807) is 44.2 Å². The van der Waals surface area contributed by atoms with Crippen molar-refractivity contribution in [2.24, 2.45) is 0 Å². The molecule has 39 heavy (non-hydrogen) atoms. The largest absolute Gasteiger partial charge is 0.350 e. The SMILES string of the molecule is Cc1cccc(CN(C(=O)CN(c2cc(Cl)ccc2C)S(=O)(=O)c2ccccc2)C(C)C(=O)NC(C)(C)C)c1. The topological polar surface area (TPSA) is 86.8 Å². The van der Waals surface area contributed by atoms with Gasteiger partial charge in [-0.05, 0) is 76.9 Å². The van der Waals surface area contributed by atoms with Crippen LogP contribution in [0.1, 0.15) is 44.4 Å². The molecule has 0 radical (unpaired) electrons. The zero-order valence-corrected chi connectivity index (χ0v) is 24.8. The monoisotopic (exact) mass is 569 g/mol. The minimum absolute atomic E-state index is 0.0425. The minimum Gasteiger partial charge on any atom is -0.350 e. The smallest absolute Gasteiger partial charge is 0.264 e. The van der Waals surface area contributed by atoms with E-state index in [9.17, 15) is 18.0 Å². The number of carbonyl (C=O) groups is 2. The molecule has 0 saturated heterocycles. The Kier molecular flexibility index (Phi) is 9.46. The molecule has 3 rings (SSSR count). The summed E-state index contributed by atoms with van der Waals surface area (Å²) in [6, 6.07) is 19.6. The van der Waals surface area contributed by atoms with Gasteiger partial charge in [-0.1, -0.05) is 65.7 Å². The summed E-state index contributed by atoms with van der Waals surface area (Å²) in [6.45, 7) is 10.6. The van der Waals surface area contributed by atoms with Crippen LogP contribution in [0, 0.1) is 13.8 Å². The van der Waals surface area contributed by atoms with Crippen LogP contribution >= 0.6 is 11.6 Å². The van der Waals surface area contributed by atoms with E-state index in [4.69, 9.17) is 11.6 Å². The first-order valence-corrected chi connectivity index (χ1v) is 14.5. The van der Waals surface area contributed by atoms with Crippen molar-refractivity contribution < 1.29 is 18.0 Å². The van der Waals surface area contributed by atoms with Crippen LogP contribution in [-0.4, -0.2) is 43.3 Å². The molecule has 1 N–H and O–H groups in total. The van der Waals surface area contributed by atoms with E-state index < -0.39 is 34.1 Å². The molecule has 0 aliphatic heterocycles. The molecule has 0 heterocycles. The molecule has 9 heteroatoms. The summed E-state index contributed by atoms with van der Waals surface area (Å²) in [5.74, 6) is -0.855. The molecular formula is C30H36ClN3O4S. The molecule has 0 aliphatic rings. The molecule has 0 saturated carbocycles. The van der Waals surface area contributed by atoms with E-state index in [1.165, 1.54) is 23.1 Å². The second-order valence-electron chi connectivity index (χ2n) is 10.7. The van der Waals surface area contributed by atoms with Gasteiger partial charge in [-0.2, -0.15) is 0 Å². The molecular weight excluding hydrogens is 534 g/mol. The fourth-order valence-electron chi connectivity index (χ4n) is 4.15. The Morgan fingerprint density at radius 3 is 2.23 bits per heavy atom. The van der Waals surface area contributed by atoms with Crippen LogP contribution in [0.2, 0.25) is 5.02 Å². The van der Waals surface area contributed by atoms with E-state index in [1.807, 2.05) is 52.0 Å². The quantitative estimate of drug-likeness (QED) is 0.369. The lowest BCUT2D eigenvalue weighted by Gasteiger charge is -2.34. The fraction of sp³-hybridized carbons (Fsp3) is 0.333. The highest BCUT2D eigenvalue weighted by molar-refractivity contribution is 7.92. The molecule has 0 spiro atoms. The van der Waals surface area contributed by atoms with Crippen molar-refractivity contribution in [1.29, 1.82) is 0 Å². The van der Waals surface area contributed by atoms with Gasteiger partial charge in [0, 0.05) is 17.1 Å². The van der Waals surface area contributed by atoms with Crippen molar-refractivity contribution in [2.75, 3.05) is 10.8 Å². The van der Waals surface area contributed by atoms with Crippen molar-refractivity contribution in [2.45, 2.75) is 64.6 Å². The predicted octanol–water partition coefficient (Wildman–Crippen LogP) is 5.48. The molecule has 0 aromatic heterocycles. The zero-order valence-electron chi connectivity index (χ0n) is 23.2. The molecule has 2 amide bonds. The summed E-state index contributed by atoms with van der Waals surface area (Å²) >= 11 is 6.26. The second kappa shape index (κ2) is 12.2. The Labute approximate surface area is 236 Å². The van der Waals surface area contributed by atoms with Crippen LogP contribution in [0.25, 0.3) is 0 Å². The van der Waals surface area contributed by atoms with Gasteiger partial charge in [0.1, 0.15) is 12.6 Å². The summed E-state index contributed by atoms with van der Waals surface area (Å²) in [7, 11) is -4.15. The Balaban J connectivity index is 2.07. The standard InChI is InChI=1S/C30H36ClN3O4S/c1-21-11-10-12-24(17-21)19-33(23(3)29(36)32-30(4,5)6)28(35)20-34(27-18-25(31)16-15-22(27)2)39(37,38)26-13-8-7-9-14-26/h7-18,23H,19-20H2,1-6H3,(H,32,36). The maximum atomic E-state index is 14.0. The summed E-state index contributed by atoms with van der Waals surface area (Å²) in [4.78, 5) is 28.7. The first-order valence-electron chi connectivity index (χ1n) is 12.7. The second-order valence-corrected chi connectivity index (χ2v) is 13.0. The number of hydrogen-bond donors (Lipinski definition) is 1. The molecule has 3 aromatic rings. The van der Waals surface area contributed by atoms with Gasteiger partial charge in [-0.25, -0.2) is 8.42 Å². The number of nitrogens with one attached hydrogen (secondary N) is 1. The van der Waals surface area contributed by atoms with Gasteiger partial charge in [0.25, 0.3) is 10.0 Å². The number of anilines is 1. The predicted molar refractivity (Wildman–Crippen MR) is 156 cm³/mol. The van der Waals surface area contributed by atoms with Gasteiger partial charge < -0.3 is 10.2 Å². The maximum absolute atomic E-state index is 14.0. The van der Waals surface area contributed by atoms with Crippen LogP contribution in [0.5, 0.6) is 0 Å². The molecule has 7 nitrogen and oxygen atoms in total. The van der Waals surface area contributed by atoms with Gasteiger partial charge in [0.2, 0.25) is 11.8 Å². The van der Waals surface area contributed by atoms with Crippen molar-refractivity contribution in [3.05, 3.63) is 94.5 Å². The van der Waals surface area contributed by atoms with Gasteiger partial charge in [-0.3, -0.25) is 13.9 Å². The number of carbonyl (C=O) groups excluding carboxylic acids is 2. The van der Waals surface area contributed by atoms with Crippen molar-refractivity contribution in [3.63, 3.8) is 0 Å². The lowest BCUT2D eigenvalue weighted by molar-refractivity contribution is -0.140. The van der Waals surface area contributed by atoms with Crippen LogP contribution in [0.3, 0.4) is 0 Å². The highest BCUT2D eigenvalue weighted by atomic mass is 35.5. The third-order valence-electron chi connectivity index (χ3n) is 6.15. The molecule has 3 aromatic carbocycles. The van der Waals surface area contributed by atoms with E-state index >= 15 is 0 Å². The van der Waals surface area contributed by atoms with Crippen LogP contribution in [-0.2, 0) is 26.2 Å². The lowest BCUT2D eigenvalue weighted by atomic mass is 10.1. The first kappa shape index (κ1) is 30.2. The maximum Gasteiger partial charge on any atom is 0.264 e. The molecule has 1 atom stereocenters. The van der Waals surface area contributed by atoms with E-state index in [0.717, 1.165) is 15.4 Å². The van der Waals surface area contributed by atoms with Crippen molar-refractivity contribution in [1.82, 2.24) is 10.2 Å². The average Bonchev–Trinajstić information content (AvgIpc) is 2.86. The highest BCUT2D eigenvalue weighted by Crippen LogP contribution is 2.30. The number of rotatable bonds is 9. The van der Waals surface area contributed by atoms with Crippen molar-refractivity contribution in [3.8, 4) is 0 Å². The molecule has 1 unspecified atom stereocenters. The number of aryl methyl sites for hydroxylation is 2. The Bertz CT molecular complexity index is 1440. The number of hydrogen-bond acceptors (Lipinski definition) is 4. The number of benzene rings is 3.